The summed E-state index contributed by atoms with van der Waals surface area (Å²) >= 11 is 0. The van der Waals surface area contributed by atoms with Gasteiger partial charge >= 0.3 is 0 Å². The Kier molecular flexibility index (Phi) is 4.14. The van der Waals surface area contributed by atoms with Gasteiger partial charge in [-0.2, -0.15) is 0 Å². The third-order valence-electron chi connectivity index (χ3n) is 4.23. The molecule has 2 heterocycles. The number of aromatic nitrogens is 2. The summed E-state index contributed by atoms with van der Waals surface area (Å²) in [6, 6.07) is 19.1. The lowest BCUT2D eigenvalue weighted by Gasteiger charge is -2.15. The maximum atomic E-state index is 13.2. The van der Waals surface area contributed by atoms with Crippen LogP contribution < -0.4 is 10.9 Å². The third-order valence-corrected chi connectivity index (χ3v) is 4.23. The van der Waals surface area contributed by atoms with E-state index in [1.807, 2.05) is 6.07 Å². The lowest BCUT2D eigenvalue weighted by Crippen LogP contribution is -2.29. The number of nitrogens with zero attached hydrogens (tertiary/aromatic N) is 2. The van der Waals surface area contributed by atoms with Gasteiger partial charge in [-0.15, -0.1) is 0 Å². The van der Waals surface area contributed by atoms with E-state index in [1.54, 1.807) is 60.7 Å². The zero-order chi connectivity index (χ0) is 18.8. The number of amides is 1. The first-order chi connectivity index (χ1) is 13.2. The Morgan fingerprint density at radius 3 is 2.33 bits per heavy atom. The maximum Gasteiger partial charge on any atom is 0.272 e. The van der Waals surface area contributed by atoms with Gasteiger partial charge in [0.15, 0.2) is 0 Å². The SMILES string of the molecule is O=C(Nc1ccncc1)c1c(O)c2ccccc2n(-c2ccccc2)c1=O. The number of carbonyl (C=O) groups is 1. The first-order valence-corrected chi connectivity index (χ1v) is 8.30. The second-order valence-electron chi connectivity index (χ2n) is 5.91. The Morgan fingerprint density at radius 1 is 0.926 bits per heavy atom. The highest BCUT2D eigenvalue weighted by Crippen LogP contribution is 2.28. The predicted octanol–water partition coefficient (Wildman–Crippen LogP) is 3.34. The molecular formula is C21H15N3O3. The van der Waals surface area contributed by atoms with Crippen LogP contribution in [0.5, 0.6) is 5.75 Å². The second kappa shape index (κ2) is 6.76. The van der Waals surface area contributed by atoms with Crippen LogP contribution in [0.25, 0.3) is 16.6 Å². The summed E-state index contributed by atoms with van der Waals surface area (Å²) in [6.07, 6.45) is 3.05. The van der Waals surface area contributed by atoms with Gasteiger partial charge in [0.1, 0.15) is 11.3 Å². The van der Waals surface area contributed by atoms with E-state index < -0.39 is 11.5 Å². The van der Waals surface area contributed by atoms with Crippen molar-refractivity contribution in [2.24, 2.45) is 0 Å². The molecule has 2 aromatic heterocycles. The van der Waals surface area contributed by atoms with Gasteiger partial charge in [-0.25, -0.2) is 0 Å². The van der Waals surface area contributed by atoms with Crippen molar-refractivity contribution in [1.29, 1.82) is 0 Å². The molecule has 0 unspecified atom stereocenters. The number of hydrogen-bond donors (Lipinski definition) is 2. The molecule has 4 rings (SSSR count). The molecule has 132 valence electrons. The van der Waals surface area contributed by atoms with E-state index in [0.717, 1.165) is 0 Å². The fourth-order valence-corrected chi connectivity index (χ4v) is 2.99. The van der Waals surface area contributed by atoms with E-state index in [1.165, 1.54) is 17.0 Å². The molecule has 0 bridgehead atoms. The van der Waals surface area contributed by atoms with Crippen LogP contribution in [0.4, 0.5) is 5.69 Å². The number of aromatic hydroxyl groups is 1. The number of carbonyl (C=O) groups excluding carboxylic acids is 1. The average Bonchev–Trinajstić information content (AvgIpc) is 2.70. The Bertz CT molecular complexity index is 1190. The van der Waals surface area contributed by atoms with Crippen LogP contribution >= 0.6 is 0 Å². The molecule has 1 amide bonds. The molecule has 0 aliphatic heterocycles. The van der Waals surface area contributed by atoms with E-state index in [0.29, 0.717) is 22.3 Å². The lowest BCUT2D eigenvalue weighted by molar-refractivity contribution is 0.102. The van der Waals surface area contributed by atoms with Gasteiger partial charge in [0.25, 0.3) is 11.5 Å². The van der Waals surface area contributed by atoms with Crippen LogP contribution in [0, 0.1) is 0 Å². The molecule has 0 aliphatic rings. The molecule has 0 spiro atoms. The number of hydrogen-bond acceptors (Lipinski definition) is 4. The monoisotopic (exact) mass is 357 g/mol. The van der Waals surface area contributed by atoms with Gasteiger partial charge in [-0.1, -0.05) is 30.3 Å². The number of benzene rings is 2. The van der Waals surface area contributed by atoms with E-state index in [-0.39, 0.29) is 11.3 Å². The zero-order valence-electron chi connectivity index (χ0n) is 14.2. The predicted molar refractivity (Wildman–Crippen MR) is 103 cm³/mol. The van der Waals surface area contributed by atoms with Crippen LogP contribution in [0.3, 0.4) is 0 Å². The van der Waals surface area contributed by atoms with Crippen LogP contribution in [-0.2, 0) is 0 Å². The van der Waals surface area contributed by atoms with Crippen LogP contribution in [0.15, 0.2) is 83.9 Å². The largest absolute Gasteiger partial charge is 0.506 e. The number of pyridine rings is 2. The van der Waals surface area contributed by atoms with E-state index in [9.17, 15) is 14.7 Å². The highest BCUT2D eigenvalue weighted by atomic mass is 16.3. The van der Waals surface area contributed by atoms with Gasteiger partial charge in [-0.3, -0.25) is 19.1 Å². The van der Waals surface area contributed by atoms with Crippen molar-refractivity contribution in [1.82, 2.24) is 9.55 Å². The molecule has 0 radical (unpaired) electrons. The summed E-state index contributed by atoms with van der Waals surface area (Å²) < 4.78 is 1.43. The van der Waals surface area contributed by atoms with Crippen LogP contribution in [-0.4, -0.2) is 20.6 Å². The van der Waals surface area contributed by atoms with Gasteiger partial charge in [0, 0.05) is 29.2 Å². The van der Waals surface area contributed by atoms with Crippen LogP contribution in [0.2, 0.25) is 0 Å². The standard InChI is InChI=1S/C21H15N3O3/c25-19-16-8-4-5-9-17(16)24(15-6-2-1-3-7-15)21(27)18(19)20(26)23-14-10-12-22-13-11-14/h1-13,25H,(H,22,23,26). The Hall–Kier alpha value is -3.93. The van der Waals surface area contributed by atoms with E-state index >= 15 is 0 Å². The highest BCUT2D eigenvalue weighted by molar-refractivity contribution is 6.09. The molecule has 2 N–H and O–H groups in total. The second-order valence-corrected chi connectivity index (χ2v) is 5.91. The summed E-state index contributed by atoms with van der Waals surface area (Å²) in [5, 5.41) is 13.7. The van der Waals surface area contributed by atoms with Gasteiger partial charge in [0.2, 0.25) is 0 Å². The van der Waals surface area contributed by atoms with Crippen molar-refractivity contribution in [2.45, 2.75) is 0 Å². The number of rotatable bonds is 3. The number of fused-ring (bicyclic) bond motifs is 1. The van der Waals surface area contributed by atoms with Crippen molar-refractivity contribution in [3.8, 4) is 11.4 Å². The molecule has 0 saturated carbocycles. The summed E-state index contributed by atoms with van der Waals surface area (Å²) in [5.74, 6) is -1.02. The number of nitrogens with one attached hydrogen (secondary N) is 1. The molecule has 0 aliphatic carbocycles. The topological polar surface area (TPSA) is 84.2 Å². The molecule has 0 atom stereocenters. The van der Waals surface area contributed by atoms with Crippen molar-refractivity contribution < 1.29 is 9.90 Å². The van der Waals surface area contributed by atoms with E-state index in [4.69, 9.17) is 0 Å². The minimum atomic E-state index is -0.681. The fraction of sp³-hybridized carbons (Fsp3) is 0. The Balaban J connectivity index is 1.96. The van der Waals surface area contributed by atoms with Crippen molar-refractivity contribution in [3.63, 3.8) is 0 Å². The summed E-state index contributed by atoms with van der Waals surface area (Å²) in [5.41, 5.74) is 0.704. The molecule has 4 aromatic rings. The zero-order valence-corrected chi connectivity index (χ0v) is 14.2. The fourth-order valence-electron chi connectivity index (χ4n) is 2.99. The first-order valence-electron chi connectivity index (χ1n) is 8.30. The Morgan fingerprint density at radius 2 is 1.59 bits per heavy atom. The summed E-state index contributed by atoms with van der Waals surface area (Å²) in [4.78, 5) is 29.8. The summed E-state index contributed by atoms with van der Waals surface area (Å²) in [7, 11) is 0. The van der Waals surface area contributed by atoms with Crippen LogP contribution in [0.1, 0.15) is 10.4 Å². The summed E-state index contributed by atoms with van der Waals surface area (Å²) in [6.45, 7) is 0. The molecule has 27 heavy (non-hydrogen) atoms. The molecule has 6 heteroatoms. The number of para-hydroxylation sites is 2. The minimum Gasteiger partial charge on any atom is -0.506 e. The van der Waals surface area contributed by atoms with Gasteiger partial charge in [-0.05, 0) is 36.4 Å². The lowest BCUT2D eigenvalue weighted by atomic mass is 10.1. The normalized spacial score (nSPS) is 10.7. The minimum absolute atomic E-state index is 0.311. The molecule has 0 fully saturated rings. The van der Waals surface area contributed by atoms with E-state index in [2.05, 4.69) is 10.3 Å². The third kappa shape index (κ3) is 2.93. The molecular weight excluding hydrogens is 342 g/mol. The van der Waals surface area contributed by atoms with Crippen molar-refractivity contribution in [3.05, 3.63) is 95.0 Å². The average molecular weight is 357 g/mol. The quantitative estimate of drug-likeness (QED) is 0.589. The maximum absolute atomic E-state index is 13.2. The molecule has 6 nitrogen and oxygen atoms in total. The smallest absolute Gasteiger partial charge is 0.272 e. The highest BCUT2D eigenvalue weighted by Gasteiger charge is 2.22. The molecule has 0 saturated heterocycles. The van der Waals surface area contributed by atoms with Gasteiger partial charge < -0.3 is 10.4 Å². The van der Waals surface area contributed by atoms with Crippen molar-refractivity contribution in [2.75, 3.05) is 5.32 Å². The Labute approximate surface area is 154 Å². The van der Waals surface area contributed by atoms with Gasteiger partial charge in [0.05, 0.1) is 5.52 Å². The molecule has 2 aromatic carbocycles. The van der Waals surface area contributed by atoms with Crippen molar-refractivity contribution >= 4 is 22.5 Å². The number of anilines is 1. The first kappa shape index (κ1) is 16.5.